The molecule has 0 aliphatic carbocycles. The zero-order chi connectivity index (χ0) is 11.3. The van der Waals surface area contributed by atoms with E-state index in [1.807, 2.05) is 6.92 Å². The van der Waals surface area contributed by atoms with Gasteiger partial charge in [-0.3, -0.25) is 0 Å². The fourth-order valence-corrected chi connectivity index (χ4v) is 2.04. The minimum atomic E-state index is 0.0673. The highest BCUT2D eigenvalue weighted by Gasteiger charge is 2.34. The van der Waals surface area contributed by atoms with Gasteiger partial charge in [-0.1, -0.05) is 19.1 Å². The second-order valence-corrected chi connectivity index (χ2v) is 4.65. The fraction of sp³-hybridized carbons (Fsp3) is 0.833. The molecule has 1 aliphatic rings. The quantitative estimate of drug-likeness (QED) is 0.678. The van der Waals surface area contributed by atoms with Gasteiger partial charge < -0.3 is 15.8 Å². The van der Waals surface area contributed by atoms with Crippen LogP contribution in [0.4, 0.5) is 0 Å². The van der Waals surface area contributed by atoms with E-state index in [1.54, 1.807) is 0 Å². The van der Waals surface area contributed by atoms with Gasteiger partial charge in [0.15, 0.2) is 0 Å². The Balaban J connectivity index is 2.54. The minimum Gasteiger partial charge on any atom is -0.378 e. The highest BCUT2D eigenvalue weighted by atomic mass is 16.5. The first-order valence-corrected chi connectivity index (χ1v) is 5.83. The average Bonchev–Trinajstić information content (AvgIpc) is 2.26. The number of nitrogens with two attached hydrogens (primary N) is 1. The summed E-state index contributed by atoms with van der Waals surface area (Å²) in [5, 5.41) is 3.54. The van der Waals surface area contributed by atoms with Crippen molar-refractivity contribution in [3.05, 3.63) is 12.2 Å². The Morgan fingerprint density at radius 1 is 1.67 bits per heavy atom. The van der Waals surface area contributed by atoms with Crippen LogP contribution in [0.5, 0.6) is 0 Å². The van der Waals surface area contributed by atoms with E-state index in [1.165, 1.54) is 0 Å². The lowest BCUT2D eigenvalue weighted by Gasteiger charge is -2.41. The molecule has 88 valence electrons. The first-order valence-electron chi connectivity index (χ1n) is 5.83. The van der Waals surface area contributed by atoms with Crippen molar-refractivity contribution in [3.63, 3.8) is 0 Å². The van der Waals surface area contributed by atoms with E-state index in [4.69, 9.17) is 10.5 Å². The smallest absolute Gasteiger partial charge is 0.0590 e. The molecular formula is C12H24N2O. The molecule has 0 amide bonds. The number of hydrogen-bond acceptors (Lipinski definition) is 3. The van der Waals surface area contributed by atoms with Crippen molar-refractivity contribution in [3.8, 4) is 0 Å². The van der Waals surface area contributed by atoms with E-state index >= 15 is 0 Å². The van der Waals surface area contributed by atoms with Crippen molar-refractivity contribution in [1.29, 1.82) is 0 Å². The molecule has 2 atom stereocenters. The Hall–Kier alpha value is -0.380. The number of hydrogen-bond donors (Lipinski definition) is 2. The monoisotopic (exact) mass is 212 g/mol. The first kappa shape index (κ1) is 12.7. The molecule has 0 radical (unpaired) electrons. The zero-order valence-electron chi connectivity index (χ0n) is 10.0. The van der Waals surface area contributed by atoms with Gasteiger partial charge in [0.05, 0.1) is 6.10 Å². The van der Waals surface area contributed by atoms with Crippen LogP contribution in [0.1, 0.15) is 33.1 Å². The van der Waals surface area contributed by atoms with Crippen molar-refractivity contribution in [1.82, 2.24) is 5.32 Å². The molecule has 15 heavy (non-hydrogen) atoms. The summed E-state index contributed by atoms with van der Waals surface area (Å²) < 4.78 is 5.67. The molecule has 1 rings (SSSR count). The lowest BCUT2D eigenvalue weighted by molar-refractivity contribution is -0.0272. The number of nitrogens with one attached hydrogen (secondary N) is 1. The van der Waals surface area contributed by atoms with Gasteiger partial charge in [0.25, 0.3) is 0 Å². The summed E-state index contributed by atoms with van der Waals surface area (Å²) >= 11 is 0. The van der Waals surface area contributed by atoms with Gasteiger partial charge in [-0.2, -0.15) is 0 Å². The summed E-state index contributed by atoms with van der Waals surface area (Å²) in [7, 11) is 0. The van der Waals surface area contributed by atoms with Crippen molar-refractivity contribution in [2.45, 2.75) is 44.8 Å². The second-order valence-electron chi connectivity index (χ2n) is 4.65. The molecule has 0 aromatic rings. The van der Waals surface area contributed by atoms with Crippen LogP contribution in [0, 0.1) is 0 Å². The van der Waals surface area contributed by atoms with Crippen LogP contribution in [0.15, 0.2) is 12.2 Å². The molecule has 0 aromatic heterocycles. The minimum absolute atomic E-state index is 0.0673. The largest absolute Gasteiger partial charge is 0.378 e. The topological polar surface area (TPSA) is 47.3 Å². The van der Waals surface area contributed by atoms with Crippen molar-refractivity contribution in [2.75, 3.05) is 19.7 Å². The van der Waals surface area contributed by atoms with Crippen LogP contribution in [-0.4, -0.2) is 31.3 Å². The van der Waals surface area contributed by atoms with Crippen molar-refractivity contribution >= 4 is 0 Å². The molecule has 0 saturated carbocycles. The predicted octanol–water partition coefficient (Wildman–Crippen LogP) is 1.44. The first-order chi connectivity index (χ1) is 7.12. The van der Waals surface area contributed by atoms with Crippen LogP contribution in [-0.2, 0) is 4.74 Å². The summed E-state index contributed by atoms with van der Waals surface area (Å²) in [6.07, 6.45) is 3.46. The van der Waals surface area contributed by atoms with Crippen LogP contribution >= 0.6 is 0 Å². The maximum Gasteiger partial charge on any atom is 0.0590 e. The van der Waals surface area contributed by atoms with Gasteiger partial charge >= 0.3 is 0 Å². The van der Waals surface area contributed by atoms with E-state index < -0.39 is 0 Å². The van der Waals surface area contributed by atoms with Gasteiger partial charge in [-0.25, -0.2) is 0 Å². The highest BCUT2D eigenvalue weighted by molar-refractivity contribution is 4.99. The van der Waals surface area contributed by atoms with Crippen molar-refractivity contribution in [2.24, 2.45) is 5.73 Å². The van der Waals surface area contributed by atoms with Gasteiger partial charge in [0.2, 0.25) is 0 Å². The molecule has 3 nitrogen and oxygen atoms in total. The van der Waals surface area contributed by atoms with Crippen LogP contribution < -0.4 is 11.1 Å². The SMILES string of the molecule is C=C(C)CNC1(CN)CCOC(CC)C1. The molecule has 0 bridgehead atoms. The maximum absolute atomic E-state index is 5.89. The Bertz CT molecular complexity index is 218. The van der Waals surface area contributed by atoms with E-state index in [2.05, 4.69) is 18.8 Å². The zero-order valence-corrected chi connectivity index (χ0v) is 10.0. The summed E-state index contributed by atoms with van der Waals surface area (Å²) in [6.45, 7) is 10.5. The lowest BCUT2D eigenvalue weighted by atomic mass is 9.85. The van der Waals surface area contributed by atoms with Gasteiger partial charge in [0, 0.05) is 25.2 Å². The molecule has 3 N–H and O–H groups in total. The van der Waals surface area contributed by atoms with Gasteiger partial charge in [0.1, 0.15) is 0 Å². The summed E-state index contributed by atoms with van der Waals surface area (Å²) in [6, 6.07) is 0. The molecule has 0 spiro atoms. The van der Waals surface area contributed by atoms with E-state index in [0.717, 1.165) is 38.0 Å². The standard InChI is InChI=1S/C12H24N2O/c1-4-11-7-12(9-13,5-6-15-11)14-8-10(2)3/h11,14H,2,4-9,13H2,1,3H3. The number of ether oxygens (including phenoxy) is 1. The van der Waals surface area contributed by atoms with Crippen LogP contribution in [0.25, 0.3) is 0 Å². The van der Waals surface area contributed by atoms with Crippen LogP contribution in [0.2, 0.25) is 0 Å². The molecule has 2 unspecified atom stereocenters. The molecule has 1 saturated heterocycles. The fourth-order valence-electron chi connectivity index (χ4n) is 2.04. The van der Waals surface area contributed by atoms with E-state index in [0.29, 0.717) is 12.6 Å². The second kappa shape index (κ2) is 5.64. The molecule has 3 heteroatoms. The van der Waals surface area contributed by atoms with Gasteiger partial charge in [-0.15, -0.1) is 0 Å². The molecule has 1 heterocycles. The maximum atomic E-state index is 5.89. The Morgan fingerprint density at radius 3 is 2.93 bits per heavy atom. The number of rotatable bonds is 5. The Kier molecular flexibility index (Phi) is 4.77. The third-order valence-corrected chi connectivity index (χ3v) is 3.16. The lowest BCUT2D eigenvalue weighted by Crippen LogP contribution is -2.56. The molecule has 1 aliphatic heterocycles. The van der Waals surface area contributed by atoms with Crippen molar-refractivity contribution < 1.29 is 4.74 Å². The molecule has 0 aromatic carbocycles. The summed E-state index contributed by atoms with van der Waals surface area (Å²) in [5.41, 5.74) is 7.12. The van der Waals surface area contributed by atoms with Gasteiger partial charge in [-0.05, 0) is 26.2 Å². The summed E-state index contributed by atoms with van der Waals surface area (Å²) in [5.74, 6) is 0. The Labute approximate surface area is 93.1 Å². The highest BCUT2D eigenvalue weighted by Crippen LogP contribution is 2.25. The third kappa shape index (κ3) is 3.59. The van der Waals surface area contributed by atoms with Crippen LogP contribution in [0.3, 0.4) is 0 Å². The van der Waals surface area contributed by atoms with E-state index in [9.17, 15) is 0 Å². The normalized spacial score (nSPS) is 31.5. The molecule has 1 fully saturated rings. The Morgan fingerprint density at radius 2 is 2.40 bits per heavy atom. The molecular weight excluding hydrogens is 188 g/mol. The predicted molar refractivity (Wildman–Crippen MR) is 63.9 cm³/mol. The average molecular weight is 212 g/mol. The third-order valence-electron chi connectivity index (χ3n) is 3.16. The summed E-state index contributed by atoms with van der Waals surface area (Å²) in [4.78, 5) is 0. The van der Waals surface area contributed by atoms with E-state index in [-0.39, 0.29) is 5.54 Å².